The van der Waals surface area contributed by atoms with Crippen molar-refractivity contribution in [1.82, 2.24) is 9.80 Å². The zero-order chi connectivity index (χ0) is 22.8. The number of anilines is 1. The molecular formula is C24H34ClN3O5. The molecule has 2 fully saturated rings. The third-order valence-corrected chi connectivity index (χ3v) is 7.53. The molecule has 33 heavy (non-hydrogen) atoms. The molecule has 1 saturated heterocycles. The Morgan fingerprint density at radius 3 is 2.42 bits per heavy atom. The van der Waals surface area contributed by atoms with Gasteiger partial charge in [-0.15, -0.1) is 12.4 Å². The van der Waals surface area contributed by atoms with Gasteiger partial charge in [-0.05, 0) is 81.2 Å². The molecule has 1 unspecified atom stereocenters. The summed E-state index contributed by atoms with van der Waals surface area (Å²) >= 11 is 0. The van der Waals surface area contributed by atoms with Gasteiger partial charge in [0.05, 0.1) is 0 Å². The normalized spacial score (nSPS) is 25.8. The average Bonchev–Trinajstić information content (AvgIpc) is 3.07. The van der Waals surface area contributed by atoms with E-state index >= 15 is 0 Å². The van der Waals surface area contributed by atoms with E-state index in [4.69, 9.17) is 5.11 Å². The highest BCUT2D eigenvalue weighted by Crippen LogP contribution is 2.34. The van der Waals surface area contributed by atoms with Gasteiger partial charge in [0, 0.05) is 37.8 Å². The lowest BCUT2D eigenvalue weighted by atomic mass is 9.83. The van der Waals surface area contributed by atoms with Crippen LogP contribution in [-0.2, 0) is 22.4 Å². The number of carboxylic acid groups (broad SMARTS) is 2. The number of hydrogen-bond donors (Lipinski definition) is 2. The van der Waals surface area contributed by atoms with Crippen molar-refractivity contribution < 1.29 is 24.6 Å². The monoisotopic (exact) mass is 479 g/mol. The first-order chi connectivity index (χ1) is 15.3. The van der Waals surface area contributed by atoms with Crippen LogP contribution in [0.2, 0.25) is 0 Å². The maximum atomic E-state index is 13.2. The Labute approximate surface area is 200 Å². The van der Waals surface area contributed by atoms with Crippen LogP contribution >= 0.6 is 12.4 Å². The third-order valence-electron chi connectivity index (χ3n) is 7.53. The number of carboxylic acids is 2. The van der Waals surface area contributed by atoms with Gasteiger partial charge in [0.15, 0.2) is 0 Å². The maximum absolute atomic E-state index is 13.2. The van der Waals surface area contributed by atoms with Crippen LogP contribution in [0.1, 0.15) is 49.7 Å². The molecule has 0 spiro atoms. The molecule has 1 aromatic rings. The van der Waals surface area contributed by atoms with Crippen molar-refractivity contribution in [3.05, 3.63) is 29.3 Å². The van der Waals surface area contributed by atoms with E-state index in [-0.39, 0.29) is 30.9 Å². The van der Waals surface area contributed by atoms with Gasteiger partial charge in [-0.3, -0.25) is 19.4 Å². The number of nitrogens with zero attached hydrogens (tertiary/aromatic N) is 3. The molecule has 4 rings (SSSR count). The highest BCUT2D eigenvalue weighted by Gasteiger charge is 2.37. The molecule has 0 radical (unpaired) electrons. The number of likely N-dealkylation sites (N-methyl/N-ethyl adjacent to an activating group) is 1. The lowest BCUT2D eigenvalue weighted by Crippen LogP contribution is -2.41. The first kappa shape index (κ1) is 25.3. The fourth-order valence-corrected chi connectivity index (χ4v) is 5.51. The second-order valence-electron chi connectivity index (χ2n) is 9.48. The number of carbonyl (C=O) groups excluding carboxylic acids is 1. The lowest BCUT2D eigenvalue weighted by molar-refractivity contribution is -0.142. The smallest absolute Gasteiger partial charge is 0.324 e. The van der Waals surface area contributed by atoms with Crippen molar-refractivity contribution >= 4 is 36.1 Å². The summed E-state index contributed by atoms with van der Waals surface area (Å²) in [5.74, 6) is -1.08. The number of carbonyl (C=O) groups is 3. The minimum absolute atomic E-state index is 0. The van der Waals surface area contributed by atoms with Crippen LogP contribution in [0.25, 0.3) is 0 Å². The highest BCUT2D eigenvalue weighted by atomic mass is 35.5. The van der Waals surface area contributed by atoms with Crippen molar-refractivity contribution in [2.45, 2.75) is 63.5 Å². The molecule has 0 aromatic heterocycles. The number of amides is 2. The zero-order valence-corrected chi connectivity index (χ0v) is 19.9. The Kier molecular flexibility index (Phi) is 8.23. The van der Waals surface area contributed by atoms with Crippen molar-refractivity contribution in [3.8, 4) is 0 Å². The Balaban J connectivity index is 0.00000306. The second-order valence-corrected chi connectivity index (χ2v) is 9.48. The summed E-state index contributed by atoms with van der Waals surface area (Å²) in [5, 5.41) is 18.4. The predicted octanol–water partition coefficient (Wildman–Crippen LogP) is 3.26. The molecule has 2 N–H and O–H groups in total. The average molecular weight is 480 g/mol. The number of aliphatic carboxylic acids is 2. The first-order valence-electron chi connectivity index (χ1n) is 11.7. The summed E-state index contributed by atoms with van der Waals surface area (Å²) in [6.07, 6.45) is 6.07. The summed E-state index contributed by atoms with van der Waals surface area (Å²) in [5.41, 5.74) is 3.07. The van der Waals surface area contributed by atoms with Crippen molar-refractivity contribution in [2.75, 3.05) is 31.6 Å². The fraction of sp³-hybridized carbons (Fsp3) is 0.625. The molecule has 1 aromatic carbocycles. The molecule has 1 saturated carbocycles. The van der Waals surface area contributed by atoms with Crippen molar-refractivity contribution in [1.29, 1.82) is 0 Å². The molecule has 8 nitrogen and oxygen atoms in total. The standard InChI is InChI=1S/C24H33N3O5.ClH/c1-25-11-10-18-14-20(8-5-17(18)15-21(25)23(30)31)27-13-12-26(24(27)32)19-6-2-16(3-7-19)4-9-22(28)29;/h5,8,14,16,19,21H,2-4,6-7,9-13,15H2,1H3,(H,28,29)(H,30,31);1H/t16-,19-,21?;. The Hall–Kier alpha value is -2.32. The van der Waals surface area contributed by atoms with Gasteiger partial charge in [0.25, 0.3) is 0 Å². The van der Waals surface area contributed by atoms with E-state index in [0.29, 0.717) is 32.0 Å². The van der Waals surface area contributed by atoms with Gasteiger partial charge in [0.1, 0.15) is 6.04 Å². The quantitative estimate of drug-likeness (QED) is 0.649. The van der Waals surface area contributed by atoms with Crippen LogP contribution in [0.5, 0.6) is 0 Å². The first-order valence-corrected chi connectivity index (χ1v) is 11.7. The Morgan fingerprint density at radius 2 is 1.76 bits per heavy atom. The number of fused-ring (bicyclic) bond motifs is 1. The van der Waals surface area contributed by atoms with Crippen LogP contribution in [0.4, 0.5) is 10.5 Å². The summed E-state index contributed by atoms with van der Waals surface area (Å²) in [7, 11) is 1.85. The number of halogens is 1. The Morgan fingerprint density at radius 1 is 1.03 bits per heavy atom. The minimum Gasteiger partial charge on any atom is -0.481 e. The van der Waals surface area contributed by atoms with Crippen LogP contribution in [0.15, 0.2) is 18.2 Å². The van der Waals surface area contributed by atoms with E-state index in [9.17, 15) is 19.5 Å². The summed E-state index contributed by atoms with van der Waals surface area (Å²) in [6.45, 7) is 2.05. The number of hydrogen-bond acceptors (Lipinski definition) is 4. The maximum Gasteiger partial charge on any atom is 0.324 e. The van der Waals surface area contributed by atoms with E-state index in [1.54, 1.807) is 0 Å². The van der Waals surface area contributed by atoms with Crippen molar-refractivity contribution in [3.63, 3.8) is 0 Å². The molecule has 9 heteroatoms. The number of benzene rings is 1. The van der Waals surface area contributed by atoms with Crippen molar-refractivity contribution in [2.24, 2.45) is 5.92 Å². The molecule has 2 amide bonds. The minimum atomic E-state index is -0.799. The molecule has 3 aliphatic rings. The zero-order valence-electron chi connectivity index (χ0n) is 19.1. The summed E-state index contributed by atoms with van der Waals surface area (Å²) in [4.78, 5) is 41.4. The highest BCUT2D eigenvalue weighted by molar-refractivity contribution is 5.94. The number of urea groups is 1. The van der Waals surface area contributed by atoms with Gasteiger partial charge in [-0.25, -0.2) is 4.79 Å². The van der Waals surface area contributed by atoms with Crippen LogP contribution < -0.4 is 4.90 Å². The molecule has 1 aliphatic carbocycles. The summed E-state index contributed by atoms with van der Waals surface area (Å²) < 4.78 is 0. The fourth-order valence-electron chi connectivity index (χ4n) is 5.51. The molecule has 1 atom stereocenters. The van der Waals surface area contributed by atoms with E-state index in [0.717, 1.165) is 55.3 Å². The SMILES string of the molecule is CN1CCc2cc(N3CCN([C@H]4CC[C@H](CCC(=O)O)CC4)C3=O)ccc2CC1C(=O)O.Cl. The lowest BCUT2D eigenvalue weighted by Gasteiger charge is -2.34. The van der Waals surface area contributed by atoms with Gasteiger partial charge in [-0.2, -0.15) is 0 Å². The molecular weight excluding hydrogens is 446 g/mol. The largest absolute Gasteiger partial charge is 0.481 e. The van der Waals surface area contributed by atoms with E-state index in [2.05, 4.69) is 6.07 Å². The topological polar surface area (TPSA) is 101 Å². The predicted molar refractivity (Wildman–Crippen MR) is 127 cm³/mol. The Bertz CT molecular complexity index is 887. The van der Waals surface area contributed by atoms with Crippen LogP contribution in [0.3, 0.4) is 0 Å². The van der Waals surface area contributed by atoms with E-state index in [1.165, 1.54) is 0 Å². The van der Waals surface area contributed by atoms with Gasteiger partial charge < -0.3 is 15.1 Å². The van der Waals surface area contributed by atoms with E-state index < -0.39 is 18.0 Å². The molecule has 0 bridgehead atoms. The molecule has 2 heterocycles. The third kappa shape index (κ3) is 5.61. The molecule has 2 aliphatic heterocycles. The van der Waals surface area contributed by atoms with E-state index in [1.807, 2.05) is 33.9 Å². The van der Waals surface area contributed by atoms with Gasteiger partial charge in [-0.1, -0.05) is 6.07 Å². The van der Waals surface area contributed by atoms with Crippen LogP contribution in [0, 0.1) is 5.92 Å². The summed E-state index contributed by atoms with van der Waals surface area (Å²) in [6, 6.07) is 5.78. The van der Waals surface area contributed by atoms with Gasteiger partial charge in [0.2, 0.25) is 0 Å². The molecule has 182 valence electrons. The van der Waals surface area contributed by atoms with Crippen LogP contribution in [-0.4, -0.2) is 76.7 Å². The van der Waals surface area contributed by atoms with Gasteiger partial charge >= 0.3 is 18.0 Å². The second kappa shape index (κ2) is 10.7. The number of rotatable bonds is 6.